The lowest BCUT2D eigenvalue weighted by Crippen LogP contribution is -2.17. The van der Waals surface area contributed by atoms with Crippen LogP contribution in [0.4, 0.5) is 4.39 Å². The van der Waals surface area contributed by atoms with Crippen molar-refractivity contribution in [1.82, 2.24) is 0 Å². The van der Waals surface area contributed by atoms with Gasteiger partial charge in [0.2, 0.25) is 0 Å². The first-order chi connectivity index (χ1) is 13.4. The Hall–Kier alpha value is -2.20. The van der Waals surface area contributed by atoms with Crippen molar-refractivity contribution in [2.75, 3.05) is 19.8 Å². The monoisotopic (exact) mass is 386 g/mol. The van der Waals surface area contributed by atoms with Gasteiger partial charge in [-0.05, 0) is 42.4 Å². The van der Waals surface area contributed by atoms with Crippen molar-refractivity contribution in [1.29, 1.82) is 0 Å². The highest BCUT2D eigenvalue weighted by Crippen LogP contribution is 2.26. The van der Waals surface area contributed by atoms with Crippen LogP contribution in [-0.4, -0.2) is 25.8 Å². The van der Waals surface area contributed by atoms with Gasteiger partial charge in [0.1, 0.15) is 12.4 Å². The minimum Gasteiger partial charge on any atom is -0.463 e. The number of hydrogen-bond acceptors (Lipinski definition) is 3. The molecule has 0 amide bonds. The normalized spacial score (nSPS) is 13.4. The van der Waals surface area contributed by atoms with Gasteiger partial charge < -0.3 is 9.47 Å². The maximum atomic E-state index is 14.5. The predicted molar refractivity (Wildman–Crippen MR) is 111 cm³/mol. The topological polar surface area (TPSA) is 35.5 Å². The van der Waals surface area contributed by atoms with Crippen molar-refractivity contribution in [3.05, 3.63) is 59.9 Å². The van der Waals surface area contributed by atoms with Gasteiger partial charge in [0.15, 0.2) is 0 Å². The van der Waals surface area contributed by atoms with Crippen LogP contribution in [0.1, 0.15) is 45.6 Å². The molecule has 0 aromatic heterocycles. The quantitative estimate of drug-likeness (QED) is 0.380. The van der Waals surface area contributed by atoms with Crippen LogP contribution in [0.5, 0.6) is 0 Å². The highest BCUT2D eigenvalue weighted by Gasteiger charge is 2.18. The van der Waals surface area contributed by atoms with Crippen LogP contribution in [0, 0.1) is 17.7 Å². The van der Waals surface area contributed by atoms with Crippen molar-refractivity contribution in [3.63, 3.8) is 0 Å². The van der Waals surface area contributed by atoms with Gasteiger partial charge in [-0.3, -0.25) is 4.79 Å². The highest BCUT2D eigenvalue weighted by molar-refractivity contribution is 5.78. The van der Waals surface area contributed by atoms with Crippen molar-refractivity contribution >= 4 is 5.97 Å². The lowest BCUT2D eigenvalue weighted by molar-refractivity contribution is -0.146. The molecule has 0 fully saturated rings. The Morgan fingerprint density at radius 2 is 1.68 bits per heavy atom. The molecule has 152 valence electrons. The number of rotatable bonds is 10. The summed E-state index contributed by atoms with van der Waals surface area (Å²) in [4.78, 5) is 12.2. The van der Waals surface area contributed by atoms with E-state index in [0.29, 0.717) is 36.2 Å². The summed E-state index contributed by atoms with van der Waals surface area (Å²) in [6.45, 7) is 9.58. The van der Waals surface area contributed by atoms with Gasteiger partial charge in [0, 0.05) is 12.2 Å². The summed E-state index contributed by atoms with van der Waals surface area (Å²) in [6, 6.07) is 14.3. The van der Waals surface area contributed by atoms with Crippen molar-refractivity contribution in [3.8, 4) is 11.1 Å². The van der Waals surface area contributed by atoms with Gasteiger partial charge in [-0.25, -0.2) is 4.39 Å². The van der Waals surface area contributed by atoms with Gasteiger partial charge in [-0.1, -0.05) is 63.2 Å². The first-order valence-corrected chi connectivity index (χ1v) is 9.99. The molecule has 2 atom stereocenters. The van der Waals surface area contributed by atoms with Gasteiger partial charge in [0.05, 0.1) is 12.5 Å². The number of carbonyl (C=O) groups excluding carboxylic acids is 1. The molecule has 2 aromatic rings. The molecule has 0 bridgehead atoms. The molecule has 2 rings (SSSR count). The average molecular weight is 387 g/mol. The fourth-order valence-electron chi connectivity index (χ4n) is 2.82. The molecule has 3 nitrogen and oxygen atoms in total. The molecule has 0 aliphatic heterocycles. The maximum Gasteiger partial charge on any atom is 0.313 e. The molecule has 0 aliphatic carbocycles. The zero-order valence-corrected chi connectivity index (χ0v) is 17.3. The highest BCUT2D eigenvalue weighted by atomic mass is 19.1. The number of ether oxygens (including phenoxy) is 2. The van der Waals surface area contributed by atoms with Crippen LogP contribution in [0.25, 0.3) is 11.1 Å². The second kappa shape index (κ2) is 11.0. The van der Waals surface area contributed by atoms with Crippen molar-refractivity contribution in [2.24, 2.45) is 11.8 Å². The Labute approximate surface area is 167 Å². The number of halogens is 1. The third kappa shape index (κ3) is 6.45. The van der Waals surface area contributed by atoms with E-state index >= 15 is 0 Å². The van der Waals surface area contributed by atoms with Crippen LogP contribution in [0.2, 0.25) is 0 Å². The van der Waals surface area contributed by atoms with Crippen molar-refractivity contribution in [2.45, 2.75) is 40.0 Å². The number of esters is 1. The Bertz CT molecular complexity index is 743. The third-order valence-electron chi connectivity index (χ3n) is 5.26. The molecule has 0 radical (unpaired) electrons. The van der Waals surface area contributed by atoms with E-state index in [1.54, 1.807) is 19.1 Å². The summed E-state index contributed by atoms with van der Waals surface area (Å²) in [7, 11) is 0. The number of benzene rings is 2. The van der Waals surface area contributed by atoms with E-state index in [1.807, 2.05) is 30.3 Å². The smallest absolute Gasteiger partial charge is 0.313 e. The van der Waals surface area contributed by atoms with E-state index in [2.05, 4.69) is 20.8 Å². The first-order valence-electron chi connectivity index (χ1n) is 9.99. The van der Waals surface area contributed by atoms with E-state index in [9.17, 15) is 9.18 Å². The fraction of sp³-hybridized carbons (Fsp3) is 0.458. The molecule has 1 unspecified atom stereocenters. The maximum absolute atomic E-state index is 14.5. The molecule has 0 aliphatic rings. The summed E-state index contributed by atoms with van der Waals surface area (Å²) >= 11 is 0. The third-order valence-corrected chi connectivity index (χ3v) is 5.26. The Balaban J connectivity index is 1.81. The second-order valence-electron chi connectivity index (χ2n) is 7.62. The zero-order chi connectivity index (χ0) is 20.5. The van der Waals surface area contributed by atoms with Crippen LogP contribution < -0.4 is 0 Å². The van der Waals surface area contributed by atoms with Gasteiger partial charge >= 0.3 is 5.97 Å². The standard InChI is InChI=1S/C24H31FO3/c1-17(2)18(3)12-13-27-14-15-28-24(26)19(4)21-10-11-22(23(25)16-21)20-8-6-5-7-9-20/h5-11,16-19H,12-15H2,1-4H3/t18?,19-/m1/s1. The second-order valence-corrected chi connectivity index (χ2v) is 7.62. The van der Waals surface area contributed by atoms with Gasteiger partial charge in [-0.15, -0.1) is 0 Å². The molecule has 0 saturated heterocycles. The lowest BCUT2D eigenvalue weighted by atomic mass is 9.95. The SMILES string of the molecule is CC(C)C(C)CCOCCOC(=O)[C@H](C)c1ccc(-c2ccccc2)c(F)c1. The Morgan fingerprint density at radius 1 is 0.964 bits per heavy atom. The molecule has 0 spiro atoms. The summed E-state index contributed by atoms with van der Waals surface area (Å²) in [5.74, 6) is 0.00419. The van der Waals surface area contributed by atoms with Crippen LogP contribution in [-0.2, 0) is 14.3 Å². The Kier molecular flexibility index (Phi) is 8.65. The zero-order valence-electron chi connectivity index (χ0n) is 17.3. The molecule has 0 N–H and O–H groups in total. The molecular weight excluding hydrogens is 355 g/mol. The first kappa shape index (κ1) is 22.1. The molecule has 0 heterocycles. The molecule has 0 saturated carbocycles. The van der Waals surface area contributed by atoms with Crippen LogP contribution in [0.15, 0.2) is 48.5 Å². The van der Waals surface area contributed by atoms with Crippen LogP contribution in [0.3, 0.4) is 0 Å². The number of carbonyl (C=O) groups is 1. The van der Waals surface area contributed by atoms with E-state index in [4.69, 9.17) is 9.47 Å². The van der Waals surface area contributed by atoms with E-state index in [-0.39, 0.29) is 18.4 Å². The van der Waals surface area contributed by atoms with Gasteiger partial charge in [-0.2, -0.15) is 0 Å². The van der Waals surface area contributed by atoms with Gasteiger partial charge in [0.25, 0.3) is 0 Å². The minimum atomic E-state index is -0.528. The summed E-state index contributed by atoms with van der Waals surface area (Å²) in [6.07, 6.45) is 0.995. The Morgan fingerprint density at radius 3 is 2.32 bits per heavy atom. The predicted octanol–water partition coefficient (Wildman–Crippen LogP) is 5.84. The fourth-order valence-corrected chi connectivity index (χ4v) is 2.82. The molecule has 2 aromatic carbocycles. The molecule has 28 heavy (non-hydrogen) atoms. The van der Waals surface area contributed by atoms with Crippen molar-refractivity contribution < 1.29 is 18.7 Å². The van der Waals surface area contributed by atoms with E-state index < -0.39 is 5.92 Å². The van der Waals surface area contributed by atoms with Crippen LogP contribution >= 0.6 is 0 Å². The van der Waals surface area contributed by atoms with E-state index in [0.717, 1.165) is 12.0 Å². The summed E-state index contributed by atoms with van der Waals surface area (Å²) in [5, 5.41) is 0. The van der Waals surface area contributed by atoms with E-state index in [1.165, 1.54) is 6.07 Å². The lowest BCUT2D eigenvalue weighted by Gasteiger charge is -2.16. The number of hydrogen-bond donors (Lipinski definition) is 0. The molecular formula is C24H31FO3. The average Bonchev–Trinajstić information content (AvgIpc) is 2.70. The summed E-state index contributed by atoms with van der Waals surface area (Å²) < 4.78 is 25.3. The minimum absolute atomic E-state index is 0.212. The summed E-state index contributed by atoms with van der Waals surface area (Å²) in [5.41, 5.74) is 1.94. The largest absolute Gasteiger partial charge is 0.463 e. The molecule has 4 heteroatoms.